The van der Waals surface area contributed by atoms with Gasteiger partial charge in [0.15, 0.2) is 0 Å². The van der Waals surface area contributed by atoms with Gasteiger partial charge in [-0.1, -0.05) is 25.3 Å². The first-order valence-electron chi connectivity index (χ1n) is 7.82. The van der Waals surface area contributed by atoms with E-state index in [-0.39, 0.29) is 18.2 Å². The molecule has 0 atom stereocenters. The fraction of sp³-hybridized carbons (Fsp3) is 0.688. The van der Waals surface area contributed by atoms with Crippen molar-refractivity contribution in [2.75, 3.05) is 26.2 Å². The molecule has 1 saturated carbocycles. The van der Waals surface area contributed by atoms with E-state index in [4.69, 9.17) is 5.26 Å². The Kier molecular flexibility index (Phi) is 5.79. The Labute approximate surface area is 126 Å². The molecule has 114 valence electrons. The van der Waals surface area contributed by atoms with Crippen molar-refractivity contribution in [2.24, 2.45) is 5.92 Å². The van der Waals surface area contributed by atoms with E-state index >= 15 is 0 Å². The summed E-state index contributed by atoms with van der Waals surface area (Å²) in [5, 5.41) is 8.53. The third-order valence-electron chi connectivity index (χ3n) is 4.34. The van der Waals surface area contributed by atoms with Crippen LogP contribution in [0.15, 0.2) is 12.2 Å². The number of carbonyl (C=O) groups excluding carboxylic acids is 2. The van der Waals surface area contributed by atoms with E-state index in [9.17, 15) is 9.59 Å². The highest BCUT2D eigenvalue weighted by atomic mass is 16.2. The fourth-order valence-electron chi connectivity index (χ4n) is 3.01. The molecule has 21 heavy (non-hydrogen) atoms. The lowest BCUT2D eigenvalue weighted by Crippen LogP contribution is -2.50. The normalized spacial score (nSPS) is 20.5. The summed E-state index contributed by atoms with van der Waals surface area (Å²) in [5.74, 6) is 0.469. The highest BCUT2D eigenvalue weighted by molar-refractivity contribution is 5.88. The summed E-state index contributed by atoms with van der Waals surface area (Å²) in [5.41, 5.74) is 0. The van der Waals surface area contributed by atoms with Gasteiger partial charge in [-0.3, -0.25) is 9.59 Å². The molecule has 0 aromatic rings. The smallest absolute Gasteiger partial charge is 0.246 e. The van der Waals surface area contributed by atoms with Crippen LogP contribution in [-0.4, -0.2) is 47.8 Å². The Bertz CT molecular complexity index is 439. The van der Waals surface area contributed by atoms with Crippen LogP contribution in [0.1, 0.15) is 38.5 Å². The second kappa shape index (κ2) is 7.82. The lowest BCUT2D eigenvalue weighted by molar-refractivity contribution is -0.136. The first-order chi connectivity index (χ1) is 10.2. The van der Waals surface area contributed by atoms with Crippen LogP contribution in [0.5, 0.6) is 0 Å². The van der Waals surface area contributed by atoms with Gasteiger partial charge in [-0.25, -0.2) is 0 Å². The number of nitriles is 1. The fourth-order valence-corrected chi connectivity index (χ4v) is 3.01. The van der Waals surface area contributed by atoms with E-state index in [1.807, 2.05) is 6.07 Å². The molecule has 2 amide bonds. The molecule has 0 spiro atoms. The molecule has 1 heterocycles. The second-order valence-electron chi connectivity index (χ2n) is 5.80. The summed E-state index contributed by atoms with van der Waals surface area (Å²) < 4.78 is 0. The maximum absolute atomic E-state index is 12.1. The van der Waals surface area contributed by atoms with E-state index in [0.29, 0.717) is 32.1 Å². The number of rotatable bonds is 3. The van der Waals surface area contributed by atoms with E-state index < -0.39 is 0 Å². The Morgan fingerprint density at radius 2 is 1.67 bits per heavy atom. The molecule has 1 saturated heterocycles. The molecular formula is C16H23N3O2. The van der Waals surface area contributed by atoms with Gasteiger partial charge in [-0.2, -0.15) is 5.26 Å². The number of nitrogens with zero attached hydrogens (tertiary/aromatic N) is 3. The third-order valence-corrected chi connectivity index (χ3v) is 4.34. The molecule has 2 aliphatic rings. The van der Waals surface area contributed by atoms with E-state index in [2.05, 4.69) is 6.08 Å². The molecule has 1 aliphatic carbocycles. The molecule has 0 unspecified atom stereocenters. The third kappa shape index (κ3) is 4.59. The van der Waals surface area contributed by atoms with Gasteiger partial charge < -0.3 is 9.80 Å². The minimum absolute atomic E-state index is 0.0490. The van der Waals surface area contributed by atoms with Gasteiger partial charge in [-0.05, 0) is 24.8 Å². The highest BCUT2D eigenvalue weighted by Crippen LogP contribution is 2.24. The molecule has 5 nitrogen and oxygen atoms in total. The molecule has 1 aliphatic heterocycles. The van der Waals surface area contributed by atoms with Crippen molar-refractivity contribution in [2.45, 2.75) is 38.5 Å². The summed E-state index contributed by atoms with van der Waals surface area (Å²) in [6.45, 7) is 2.18. The van der Waals surface area contributed by atoms with Crippen molar-refractivity contribution < 1.29 is 9.59 Å². The lowest BCUT2D eigenvalue weighted by atomic mass is 9.89. The number of carbonyl (C=O) groups is 2. The minimum atomic E-state index is -0.137. The minimum Gasteiger partial charge on any atom is -0.338 e. The zero-order chi connectivity index (χ0) is 15.1. The maximum Gasteiger partial charge on any atom is 0.246 e. The Morgan fingerprint density at radius 1 is 1.05 bits per heavy atom. The zero-order valence-corrected chi connectivity index (χ0v) is 12.5. The highest BCUT2D eigenvalue weighted by Gasteiger charge is 2.22. The topological polar surface area (TPSA) is 64.4 Å². The van der Waals surface area contributed by atoms with Crippen molar-refractivity contribution in [3.05, 3.63) is 12.2 Å². The van der Waals surface area contributed by atoms with Crippen molar-refractivity contribution in [1.82, 2.24) is 9.80 Å². The summed E-state index contributed by atoms with van der Waals surface area (Å²) >= 11 is 0. The number of amides is 2. The Balaban J connectivity index is 1.76. The van der Waals surface area contributed by atoms with Crippen LogP contribution in [0, 0.1) is 17.2 Å². The summed E-state index contributed by atoms with van der Waals surface area (Å²) in [6, 6.07) is 1.87. The SMILES string of the molecule is N#CCC(=O)N1CCN(C(=O)/C=C/C2CCCCC2)CC1. The van der Waals surface area contributed by atoms with Gasteiger partial charge in [0.2, 0.25) is 11.8 Å². The predicted octanol–water partition coefficient (Wildman–Crippen LogP) is 1.71. The van der Waals surface area contributed by atoms with Crippen LogP contribution in [-0.2, 0) is 9.59 Å². The first-order valence-corrected chi connectivity index (χ1v) is 7.82. The summed E-state index contributed by atoms with van der Waals surface area (Å²) in [4.78, 5) is 27.2. The Morgan fingerprint density at radius 3 is 2.29 bits per heavy atom. The molecule has 0 aromatic heterocycles. The molecule has 2 fully saturated rings. The lowest BCUT2D eigenvalue weighted by Gasteiger charge is -2.34. The van der Waals surface area contributed by atoms with Crippen molar-refractivity contribution in [3.63, 3.8) is 0 Å². The van der Waals surface area contributed by atoms with Gasteiger partial charge in [0.1, 0.15) is 6.42 Å². The molecule has 0 aromatic carbocycles. The summed E-state index contributed by atoms with van der Waals surface area (Å²) in [6.07, 6.45) is 9.94. The maximum atomic E-state index is 12.1. The average molecular weight is 289 g/mol. The predicted molar refractivity (Wildman–Crippen MR) is 79.1 cm³/mol. The van der Waals surface area contributed by atoms with E-state index in [1.165, 1.54) is 32.1 Å². The van der Waals surface area contributed by atoms with Crippen LogP contribution in [0.3, 0.4) is 0 Å². The number of allylic oxidation sites excluding steroid dienone is 1. The molecule has 5 heteroatoms. The van der Waals surface area contributed by atoms with E-state index in [0.717, 1.165) is 0 Å². The van der Waals surface area contributed by atoms with Crippen LogP contribution in [0.25, 0.3) is 0 Å². The number of hydrogen-bond donors (Lipinski definition) is 0. The quantitative estimate of drug-likeness (QED) is 0.743. The van der Waals surface area contributed by atoms with Gasteiger partial charge in [0, 0.05) is 26.2 Å². The number of piperazine rings is 1. The standard InChI is InChI=1S/C16H23N3O2/c17-9-8-16(21)19-12-10-18(11-13-19)15(20)7-6-14-4-2-1-3-5-14/h6-7,14H,1-5,8,10-13H2/b7-6+. The van der Waals surface area contributed by atoms with Crippen molar-refractivity contribution in [1.29, 1.82) is 5.26 Å². The molecule has 0 N–H and O–H groups in total. The zero-order valence-electron chi connectivity index (χ0n) is 12.5. The van der Waals surface area contributed by atoms with Crippen LogP contribution >= 0.6 is 0 Å². The van der Waals surface area contributed by atoms with Crippen molar-refractivity contribution in [3.8, 4) is 6.07 Å². The average Bonchev–Trinajstić information content (AvgIpc) is 2.54. The van der Waals surface area contributed by atoms with Crippen LogP contribution in [0.4, 0.5) is 0 Å². The second-order valence-corrected chi connectivity index (χ2v) is 5.80. The van der Waals surface area contributed by atoms with E-state index in [1.54, 1.807) is 15.9 Å². The monoisotopic (exact) mass is 289 g/mol. The number of hydrogen-bond acceptors (Lipinski definition) is 3. The first kappa shape index (κ1) is 15.6. The van der Waals surface area contributed by atoms with Gasteiger partial charge in [0.05, 0.1) is 6.07 Å². The van der Waals surface area contributed by atoms with Crippen molar-refractivity contribution >= 4 is 11.8 Å². The molecule has 0 radical (unpaired) electrons. The Hall–Kier alpha value is -1.83. The van der Waals surface area contributed by atoms with Gasteiger partial charge >= 0.3 is 0 Å². The molecule has 2 rings (SSSR count). The van der Waals surface area contributed by atoms with Crippen LogP contribution in [0.2, 0.25) is 0 Å². The largest absolute Gasteiger partial charge is 0.338 e. The van der Waals surface area contributed by atoms with Crippen LogP contribution < -0.4 is 0 Å². The summed E-state index contributed by atoms with van der Waals surface area (Å²) in [7, 11) is 0. The van der Waals surface area contributed by atoms with Gasteiger partial charge in [0.25, 0.3) is 0 Å². The van der Waals surface area contributed by atoms with Gasteiger partial charge in [-0.15, -0.1) is 0 Å². The molecule has 0 bridgehead atoms. The molecular weight excluding hydrogens is 266 g/mol.